The molecule has 1 unspecified atom stereocenters. The molecule has 1 atom stereocenters. The van der Waals surface area contributed by atoms with Crippen LogP contribution in [0.15, 0.2) is 22.8 Å². The van der Waals surface area contributed by atoms with Crippen LogP contribution in [0.25, 0.3) is 0 Å². The predicted molar refractivity (Wildman–Crippen MR) is 73.8 cm³/mol. The van der Waals surface area contributed by atoms with Crippen molar-refractivity contribution < 1.29 is 4.74 Å². The lowest BCUT2D eigenvalue weighted by Crippen LogP contribution is -2.53. The molecule has 0 spiro atoms. The molecule has 1 aromatic heterocycles. The Bertz CT molecular complexity index is 383. The third-order valence-electron chi connectivity index (χ3n) is 2.69. The zero-order valence-electron chi connectivity index (χ0n) is 9.99. The molecule has 0 radical (unpaired) electrons. The summed E-state index contributed by atoms with van der Waals surface area (Å²) in [5, 5.41) is 0. The second-order valence-electron chi connectivity index (χ2n) is 4.87. The van der Waals surface area contributed by atoms with E-state index in [0.717, 1.165) is 23.4 Å². The van der Waals surface area contributed by atoms with Crippen LogP contribution in [0, 0.1) is 0 Å². The van der Waals surface area contributed by atoms with Crippen molar-refractivity contribution in [3.8, 4) is 0 Å². The molecule has 17 heavy (non-hydrogen) atoms. The van der Waals surface area contributed by atoms with Crippen molar-refractivity contribution in [2.24, 2.45) is 0 Å². The molecular weight excluding hydrogens is 304 g/mol. The quantitative estimate of drug-likeness (QED) is 0.783. The highest BCUT2D eigenvalue weighted by atomic mass is 79.9. The summed E-state index contributed by atoms with van der Waals surface area (Å²) in [6.07, 6.45) is 1.87. The van der Waals surface area contributed by atoms with Gasteiger partial charge in [-0.05, 0) is 41.9 Å². The highest BCUT2D eigenvalue weighted by molar-refractivity contribution is 9.10. The zero-order chi connectivity index (χ0) is 12.5. The summed E-state index contributed by atoms with van der Waals surface area (Å²) in [5.41, 5.74) is -0.188. The van der Waals surface area contributed by atoms with Gasteiger partial charge in [0.05, 0.1) is 17.6 Å². The van der Waals surface area contributed by atoms with E-state index >= 15 is 0 Å². The fourth-order valence-electron chi connectivity index (χ4n) is 2.11. The topological polar surface area (TPSA) is 25.4 Å². The minimum atomic E-state index is -0.188. The first-order chi connectivity index (χ1) is 8.00. The van der Waals surface area contributed by atoms with E-state index in [4.69, 9.17) is 16.3 Å². The van der Waals surface area contributed by atoms with Crippen molar-refractivity contribution in [1.82, 2.24) is 4.98 Å². The van der Waals surface area contributed by atoms with Crippen LogP contribution in [0.1, 0.15) is 13.8 Å². The van der Waals surface area contributed by atoms with Crippen molar-refractivity contribution in [3.05, 3.63) is 22.8 Å². The van der Waals surface area contributed by atoms with Gasteiger partial charge in [-0.2, -0.15) is 0 Å². The summed E-state index contributed by atoms with van der Waals surface area (Å²) in [6.45, 7) is 5.78. The molecule has 2 rings (SSSR count). The van der Waals surface area contributed by atoms with E-state index in [0.29, 0.717) is 5.88 Å². The highest BCUT2D eigenvalue weighted by Gasteiger charge is 2.33. The zero-order valence-corrected chi connectivity index (χ0v) is 12.3. The summed E-state index contributed by atoms with van der Waals surface area (Å²) >= 11 is 9.30. The fraction of sp³-hybridized carbons (Fsp3) is 0.583. The van der Waals surface area contributed by atoms with Gasteiger partial charge in [0.1, 0.15) is 5.82 Å². The molecule has 0 aromatic carbocycles. The molecule has 1 saturated heterocycles. The fourth-order valence-corrected chi connectivity index (χ4v) is 2.50. The van der Waals surface area contributed by atoms with E-state index < -0.39 is 0 Å². The van der Waals surface area contributed by atoms with Gasteiger partial charge in [-0.3, -0.25) is 0 Å². The van der Waals surface area contributed by atoms with Crippen molar-refractivity contribution in [2.75, 3.05) is 23.9 Å². The van der Waals surface area contributed by atoms with Crippen LogP contribution in [0.5, 0.6) is 0 Å². The number of hydrogen-bond acceptors (Lipinski definition) is 3. The van der Waals surface area contributed by atoms with E-state index in [2.05, 4.69) is 39.7 Å². The van der Waals surface area contributed by atoms with Gasteiger partial charge >= 0.3 is 0 Å². The van der Waals surface area contributed by atoms with E-state index in [1.807, 2.05) is 18.3 Å². The van der Waals surface area contributed by atoms with Gasteiger partial charge in [-0.15, -0.1) is 11.6 Å². The lowest BCUT2D eigenvalue weighted by atomic mass is 10.1. The van der Waals surface area contributed by atoms with Gasteiger partial charge in [0, 0.05) is 23.8 Å². The van der Waals surface area contributed by atoms with Crippen molar-refractivity contribution in [3.63, 3.8) is 0 Å². The minimum absolute atomic E-state index is 0.0610. The summed E-state index contributed by atoms with van der Waals surface area (Å²) in [4.78, 5) is 6.64. The number of alkyl halides is 1. The minimum Gasteiger partial charge on any atom is -0.367 e. The molecule has 3 nitrogen and oxygen atoms in total. The largest absolute Gasteiger partial charge is 0.367 e. The molecule has 0 bridgehead atoms. The number of ether oxygens (including phenoxy) is 1. The molecule has 2 heterocycles. The first kappa shape index (κ1) is 13.1. The number of nitrogens with zero attached hydrogens (tertiary/aromatic N) is 2. The van der Waals surface area contributed by atoms with Crippen LogP contribution in [-0.2, 0) is 4.74 Å². The van der Waals surface area contributed by atoms with Gasteiger partial charge in [0.2, 0.25) is 0 Å². The van der Waals surface area contributed by atoms with Crippen LogP contribution in [0.4, 0.5) is 5.82 Å². The van der Waals surface area contributed by atoms with Gasteiger partial charge < -0.3 is 9.64 Å². The molecule has 1 aromatic rings. The van der Waals surface area contributed by atoms with Crippen LogP contribution < -0.4 is 4.90 Å². The van der Waals surface area contributed by atoms with Crippen molar-refractivity contribution >= 4 is 33.3 Å². The number of rotatable bonds is 2. The molecule has 0 amide bonds. The number of halogens is 2. The first-order valence-corrected chi connectivity index (χ1v) is 6.93. The second-order valence-corrected chi connectivity index (χ2v) is 6.09. The average molecular weight is 320 g/mol. The lowest BCUT2D eigenvalue weighted by molar-refractivity contribution is -0.0736. The average Bonchev–Trinajstić information content (AvgIpc) is 2.27. The normalized spacial score (nSPS) is 23.8. The number of morpholine rings is 1. The monoisotopic (exact) mass is 318 g/mol. The number of hydrogen-bond donors (Lipinski definition) is 0. The standard InChI is InChI=1S/C12H16BrClN2O/c1-12(2)8-16(7-10(5-14)17-12)11-4-3-9(13)6-15-11/h3-4,6,10H,5,7-8H2,1-2H3. The summed E-state index contributed by atoms with van der Waals surface area (Å²) in [7, 11) is 0. The van der Waals surface area contributed by atoms with Crippen molar-refractivity contribution in [2.45, 2.75) is 25.6 Å². The van der Waals surface area contributed by atoms with Crippen LogP contribution >= 0.6 is 27.5 Å². The lowest BCUT2D eigenvalue weighted by Gasteiger charge is -2.42. The summed E-state index contributed by atoms with van der Waals surface area (Å²) < 4.78 is 6.88. The summed E-state index contributed by atoms with van der Waals surface area (Å²) in [6, 6.07) is 4.01. The Balaban J connectivity index is 2.17. The Morgan fingerprint density at radius 2 is 2.35 bits per heavy atom. The maximum absolute atomic E-state index is 5.91. The molecule has 0 N–H and O–H groups in total. The third-order valence-corrected chi connectivity index (χ3v) is 3.50. The molecule has 0 aliphatic carbocycles. The second kappa shape index (κ2) is 5.12. The number of aromatic nitrogens is 1. The van der Waals surface area contributed by atoms with Gasteiger partial charge in [-0.25, -0.2) is 4.98 Å². The van der Waals surface area contributed by atoms with E-state index in [9.17, 15) is 0 Å². The number of anilines is 1. The smallest absolute Gasteiger partial charge is 0.128 e. The van der Waals surface area contributed by atoms with Gasteiger partial charge in [-0.1, -0.05) is 0 Å². The third kappa shape index (κ3) is 3.33. The number of pyridine rings is 1. The molecule has 0 saturated carbocycles. The van der Waals surface area contributed by atoms with Crippen molar-refractivity contribution in [1.29, 1.82) is 0 Å². The Hall–Kier alpha value is -0.320. The summed E-state index contributed by atoms with van der Waals surface area (Å²) in [5.74, 6) is 1.48. The first-order valence-electron chi connectivity index (χ1n) is 5.60. The van der Waals surface area contributed by atoms with E-state index in [-0.39, 0.29) is 11.7 Å². The SMILES string of the molecule is CC1(C)CN(c2ccc(Br)cn2)CC(CCl)O1. The van der Waals surface area contributed by atoms with Crippen LogP contribution in [0.3, 0.4) is 0 Å². The molecule has 1 aliphatic rings. The van der Waals surface area contributed by atoms with Gasteiger partial charge in [0.25, 0.3) is 0 Å². The Labute approximate surface area is 115 Å². The maximum Gasteiger partial charge on any atom is 0.128 e. The molecular formula is C12H16BrClN2O. The van der Waals surface area contributed by atoms with E-state index in [1.54, 1.807) is 0 Å². The predicted octanol–water partition coefficient (Wildman–Crippen LogP) is 3.07. The van der Waals surface area contributed by atoms with Crippen LogP contribution in [-0.4, -0.2) is 35.7 Å². The molecule has 1 aliphatic heterocycles. The Kier molecular flexibility index (Phi) is 3.95. The van der Waals surface area contributed by atoms with Gasteiger partial charge in [0.15, 0.2) is 0 Å². The Morgan fingerprint density at radius 3 is 2.94 bits per heavy atom. The van der Waals surface area contributed by atoms with Crippen LogP contribution in [0.2, 0.25) is 0 Å². The maximum atomic E-state index is 5.91. The molecule has 94 valence electrons. The highest BCUT2D eigenvalue weighted by Crippen LogP contribution is 2.25. The molecule has 5 heteroatoms. The molecule has 1 fully saturated rings. The Morgan fingerprint density at radius 1 is 1.59 bits per heavy atom. The van der Waals surface area contributed by atoms with E-state index in [1.165, 1.54) is 0 Å².